The van der Waals surface area contributed by atoms with Crippen molar-refractivity contribution in [2.75, 3.05) is 70.9 Å². The van der Waals surface area contributed by atoms with E-state index in [4.69, 9.17) is 34.5 Å². The van der Waals surface area contributed by atoms with Gasteiger partial charge < -0.3 is 50.3 Å². The van der Waals surface area contributed by atoms with Gasteiger partial charge in [-0.25, -0.2) is 4.79 Å². The highest BCUT2D eigenvalue weighted by Gasteiger charge is 2.24. The Morgan fingerprint density at radius 3 is 1.45 bits per heavy atom. The molecule has 0 aliphatic heterocycles. The van der Waals surface area contributed by atoms with E-state index in [0.29, 0.717) is 6.42 Å². The maximum absolute atomic E-state index is 12.9. The van der Waals surface area contributed by atoms with Crippen molar-refractivity contribution < 1.29 is 57.9 Å². The number of thioether (sulfide) groups is 1. The summed E-state index contributed by atoms with van der Waals surface area (Å²) in [5.41, 5.74) is 6.15. The van der Waals surface area contributed by atoms with Crippen LogP contribution in [0.25, 0.3) is 0 Å². The van der Waals surface area contributed by atoms with Crippen LogP contribution in [0.4, 0.5) is 0 Å². The number of esters is 2. The smallest absolute Gasteiger partial charge is 0.329 e. The lowest BCUT2D eigenvalue weighted by atomic mass is 10.0. The number of ether oxygens (including phenoxy) is 5. The molecule has 2 amide bonds. The number of nitrogens with two attached hydrogens (primary N) is 1. The Bertz CT molecular complexity index is 1150. The van der Waals surface area contributed by atoms with Crippen LogP contribution >= 0.6 is 11.8 Å². The number of carbonyl (C=O) groups excluding carboxylic acids is 4. The molecule has 16 heteroatoms. The zero-order valence-electron chi connectivity index (χ0n) is 40.8. The third kappa shape index (κ3) is 43.8. The first kappa shape index (κ1) is 62.5. The summed E-state index contributed by atoms with van der Waals surface area (Å²) in [6.07, 6.45) is 31.4. The number of aliphatic hydroxyl groups excluding tert-OH is 1. The standard InChI is InChI=1S/C49H93N3O12S/c1-3-5-7-9-11-13-15-17-19-21-23-25-27-29-46(56)63-38-42(64-47(57)30-28-26-24-22-20-18-16-14-12-10-8-6-4-2)40-65-41-43(50)48(58)52-44(37-53)49(59)51-31-32-60-33-34-61-35-36-62-39-45(54)55/h42-44,53H,3-41,50H2,1-2H3,(H,51,59)(H,52,58)(H,54,55)/t42-,43+,44+/m1/s1. The van der Waals surface area contributed by atoms with Gasteiger partial charge in [0.05, 0.1) is 45.7 Å². The van der Waals surface area contributed by atoms with Crippen LogP contribution in [-0.2, 0) is 47.7 Å². The van der Waals surface area contributed by atoms with Crippen LogP contribution in [0.1, 0.15) is 194 Å². The van der Waals surface area contributed by atoms with Gasteiger partial charge in [-0.05, 0) is 12.8 Å². The number of carboxylic acids is 1. The average molecular weight is 948 g/mol. The Morgan fingerprint density at radius 1 is 0.554 bits per heavy atom. The molecule has 0 saturated heterocycles. The van der Waals surface area contributed by atoms with Gasteiger partial charge >= 0.3 is 17.9 Å². The third-order valence-corrected chi connectivity index (χ3v) is 12.2. The van der Waals surface area contributed by atoms with Crippen molar-refractivity contribution >= 4 is 41.5 Å². The van der Waals surface area contributed by atoms with E-state index in [1.807, 2.05) is 0 Å². The summed E-state index contributed by atoms with van der Waals surface area (Å²) in [4.78, 5) is 61.4. The zero-order valence-corrected chi connectivity index (χ0v) is 41.6. The second-order valence-corrected chi connectivity index (χ2v) is 18.2. The van der Waals surface area contributed by atoms with Gasteiger partial charge in [0.2, 0.25) is 11.8 Å². The fourth-order valence-corrected chi connectivity index (χ4v) is 8.01. The van der Waals surface area contributed by atoms with E-state index >= 15 is 0 Å². The summed E-state index contributed by atoms with van der Waals surface area (Å²) in [5.74, 6) is -2.57. The van der Waals surface area contributed by atoms with Gasteiger partial charge in [0.25, 0.3) is 0 Å². The first-order valence-corrected chi connectivity index (χ1v) is 26.6. The SMILES string of the molecule is CCCCCCCCCCCCCCCC(=O)OC[C@H](CSC[C@H](N)C(=O)N[C@@H](CO)C(=O)NCCOCCOCCOCC(=O)O)OC(=O)CCCCCCCCCCCCCCC. The van der Waals surface area contributed by atoms with Crippen LogP contribution in [0.5, 0.6) is 0 Å². The Hall–Kier alpha value is -2.50. The Morgan fingerprint density at radius 2 is 0.985 bits per heavy atom. The predicted octanol–water partition coefficient (Wildman–Crippen LogP) is 8.19. The number of hydrogen-bond acceptors (Lipinski definition) is 13. The van der Waals surface area contributed by atoms with Crippen LogP contribution in [0, 0.1) is 0 Å². The van der Waals surface area contributed by atoms with Crippen molar-refractivity contribution in [2.45, 2.75) is 212 Å². The molecule has 3 atom stereocenters. The molecule has 0 fully saturated rings. The minimum atomic E-state index is -1.22. The lowest BCUT2D eigenvalue weighted by Crippen LogP contribution is -2.54. The van der Waals surface area contributed by atoms with Gasteiger partial charge in [0.15, 0.2) is 0 Å². The molecule has 0 aliphatic rings. The first-order chi connectivity index (χ1) is 31.6. The van der Waals surface area contributed by atoms with Crippen LogP contribution in [0.3, 0.4) is 0 Å². The normalized spacial score (nSPS) is 12.7. The molecule has 0 aliphatic carbocycles. The van der Waals surface area contributed by atoms with Crippen LogP contribution < -0.4 is 16.4 Å². The highest BCUT2D eigenvalue weighted by molar-refractivity contribution is 7.99. The Labute approximate surface area is 397 Å². The van der Waals surface area contributed by atoms with Gasteiger partial charge in [0.1, 0.15) is 25.4 Å². The topological polar surface area (TPSA) is 222 Å². The lowest BCUT2D eigenvalue weighted by molar-refractivity contribution is -0.157. The molecule has 0 aromatic rings. The second kappa shape index (κ2) is 48.0. The molecule has 15 nitrogen and oxygen atoms in total. The first-order valence-electron chi connectivity index (χ1n) is 25.5. The van der Waals surface area contributed by atoms with Gasteiger partial charge in [-0.2, -0.15) is 11.8 Å². The molecule has 6 N–H and O–H groups in total. The molecule has 0 spiro atoms. The number of nitrogens with one attached hydrogen (secondary N) is 2. The van der Waals surface area contributed by atoms with E-state index in [1.54, 1.807) is 0 Å². The summed E-state index contributed by atoms with van der Waals surface area (Å²) in [6, 6.07) is -2.25. The van der Waals surface area contributed by atoms with Crippen molar-refractivity contribution in [2.24, 2.45) is 5.73 Å². The maximum atomic E-state index is 12.9. The number of aliphatic carboxylic acids is 1. The van der Waals surface area contributed by atoms with Crippen molar-refractivity contribution in [3.05, 3.63) is 0 Å². The zero-order chi connectivity index (χ0) is 47.9. The van der Waals surface area contributed by atoms with Gasteiger partial charge in [-0.1, -0.05) is 168 Å². The minimum Gasteiger partial charge on any atom is -0.480 e. The molecule has 0 bridgehead atoms. The molecule has 0 heterocycles. The number of hydrogen-bond donors (Lipinski definition) is 5. The van der Waals surface area contributed by atoms with Gasteiger partial charge in [-0.15, -0.1) is 0 Å². The predicted molar refractivity (Wildman–Crippen MR) is 259 cm³/mol. The Kier molecular flexibility index (Phi) is 46.1. The number of unbranched alkanes of at least 4 members (excludes halogenated alkanes) is 24. The summed E-state index contributed by atoms with van der Waals surface area (Å²) < 4.78 is 26.9. The molecule has 65 heavy (non-hydrogen) atoms. The largest absolute Gasteiger partial charge is 0.480 e. The van der Waals surface area contributed by atoms with Crippen LogP contribution in [0.2, 0.25) is 0 Å². The third-order valence-electron chi connectivity index (χ3n) is 11.0. The molecule has 0 saturated carbocycles. The van der Waals surface area contributed by atoms with Crippen molar-refractivity contribution in [3.8, 4) is 0 Å². The van der Waals surface area contributed by atoms with Crippen molar-refractivity contribution in [3.63, 3.8) is 0 Å². The molecule has 0 aromatic carbocycles. The van der Waals surface area contributed by atoms with E-state index in [1.165, 1.54) is 140 Å². The molecule has 0 rings (SSSR count). The van der Waals surface area contributed by atoms with Gasteiger partial charge in [0, 0.05) is 30.9 Å². The summed E-state index contributed by atoms with van der Waals surface area (Å²) in [5, 5.41) is 23.4. The van der Waals surface area contributed by atoms with Crippen molar-refractivity contribution in [1.82, 2.24) is 10.6 Å². The second-order valence-electron chi connectivity index (χ2n) is 17.1. The average Bonchev–Trinajstić information content (AvgIpc) is 3.29. The van der Waals surface area contributed by atoms with E-state index in [0.717, 1.165) is 38.5 Å². The molecule has 382 valence electrons. The lowest BCUT2D eigenvalue weighted by Gasteiger charge is -2.20. The quantitative estimate of drug-likeness (QED) is 0.0287. The summed E-state index contributed by atoms with van der Waals surface area (Å²) in [7, 11) is 0. The maximum Gasteiger partial charge on any atom is 0.329 e. The highest BCUT2D eigenvalue weighted by atomic mass is 32.2. The van der Waals surface area contributed by atoms with Gasteiger partial charge in [-0.3, -0.25) is 19.2 Å². The molecule has 0 radical (unpaired) electrons. The van der Waals surface area contributed by atoms with Crippen molar-refractivity contribution in [1.29, 1.82) is 0 Å². The molecular weight excluding hydrogens is 855 g/mol. The van der Waals surface area contributed by atoms with Crippen LogP contribution in [-0.4, -0.2) is 129 Å². The number of rotatable bonds is 50. The highest BCUT2D eigenvalue weighted by Crippen LogP contribution is 2.16. The Balaban J connectivity index is 4.66. The van der Waals surface area contributed by atoms with Crippen LogP contribution in [0.15, 0.2) is 0 Å². The number of amides is 2. The summed E-state index contributed by atoms with van der Waals surface area (Å²) >= 11 is 1.28. The minimum absolute atomic E-state index is 0.0802. The fraction of sp³-hybridized carbons (Fsp3) is 0.898. The van der Waals surface area contributed by atoms with E-state index in [2.05, 4.69) is 24.5 Å². The molecular formula is C49H93N3O12S. The molecule has 0 unspecified atom stereocenters. The number of carboxylic acid groups (broad SMARTS) is 1. The molecule has 0 aromatic heterocycles. The van der Waals surface area contributed by atoms with E-state index in [9.17, 15) is 29.1 Å². The number of aliphatic hydroxyl groups is 1. The number of carbonyl (C=O) groups is 5. The monoisotopic (exact) mass is 948 g/mol. The summed E-state index contributed by atoms with van der Waals surface area (Å²) in [6.45, 7) is 4.51. The van der Waals surface area contributed by atoms with E-state index in [-0.39, 0.29) is 76.1 Å². The van der Waals surface area contributed by atoms with E-state index < -0.39 is 49.2 Å². The fourth-order valence-electron chi connectivity index (χ4n) is 7.04.